The third-order valence-electron chi connectivity index (χ3n) is 5.77. The van der Waals surface area contributed by atoms with Crippen LogP contribution in [0.2, 0.25) is 0 Å². The van der Waals surface area contributed by atoms with Crippen LogP contribution in [0.25, 0.3) is 0 Å². The van der Waals surface area contributed by atoms with Crippen molar-refractivity contribution in [2.24, 2.45) is 5.41 Å². The van der Waals surface area contributed by atoms with Crippen molar-refractivity contribution in [1.82, 2.24) is 5.32 Å². The summed E-state index contributed by atoms with van der Waals surface area (Å²) in [6.45, 7) is 18.7. The molecule has 0 aliphatic heterocycles. The molecule has 0 saturated heterocycles. The molecule has 40 heavy (non-hydrogen) atoms. The maximum atomic E-state index is 13.0. The number of nitrogens with one attached hydrogen (secondary N) is 1. The second-order valence-corrected chi connectivity index (χ2v) is 12.3. The predicted molar refractivity (Wildman–Crippen MR) is 147 cm³/mol. The lowest BCUT2D eigenvalue weighted by Gasteiger charge is -2.35. The fourth-order valence-corrected chi connectivity index (χ4v) is 3.07. The zero-order chi connectivity index (χ0) is 31.1. The van der Waals surface area contributed by atoms with E-state index in [2.05, 4.69) is 5.32 Å². The Balaban J connectivity index is 3.57. The van der Waals surface area contributed by atoms with Crippen LogP contribution in [-0.4, -0.2) is 52.3 Å². The largest absolute Gasteiger partial charge is 0.514 e. The molecule has 1 aromatic rings. The van der Waals surface area contributed by atoms with Gasteiger partial charge in [0.2, 0.25) is 0 Å². The van der Waals surface area contributed by atoms with Gasteiger partial charge in [-0.15, -0.1) is 0 Å². The lowest BCUT2D eigenvalue weighted by molar-refractivity contribution is -0.191. The molecule has 0 fully saturated rings. The van der Waals surface area contributed by atoms with E-state index in [1.54, 1.807) is 69.2 Å². The Morgan fingerprint density at radius 2 is 1.32 bits per heavy atom. The van der Waals surface area contributed by atoms with Gasteiger partial charge in [0.25, 0.3) is 5.72 Å². The molecule has 11 heteroatoms. The summed E-state index contributed by atoms with van der Waals surface area (Å²) in [7, 11) is 0. The molecule has 0 amide bonds. The van der Waals surface area contributed by atoms with Crippen LogP contribution in [-0.2, 0) is 30.2 Å². The molecule has 11 nitrogen and oxygen atoms in total. The molecule has 0 saturated carbocycles. The fraction of sp³-hybridized carbons (Fsp3) is 0.655. The van der Waals surface area contributed by atoms with Gasteiger partial charge in [0.15, 0.2) is 11.5 Å². The molecule has 0 aromatic heterocycles. The SMILES string of the molecule is CCC(C)N[C@@](Cc1ccc(OC(=O)OC(C)(C)C)c(OC(=O)OC(C)(C)C)c1)(OC(=O)C(C)(C)CC)C(=O)O. The summed E-state index contributed by atoms with van der Waals surface area (Å²) in [6.07, 6.45) is -1.47. The number of esters is 1. The molecule has 226 valence electrons. The molecule has 0 heterocycles. The minimum Gasteiger partial charge on any atom is -0.477 e. The normalized spacial score (nSPS) is 14.4. The number of carbonyl (C=O) groups is 4. The smallest absolute Gasteiger partial charge is 0.477 e. The molecule has 0 spiro atoms. The summed E-state index contributed by atoms with van der Waals surface area (Å²) >= 11 is 0. The molecule has 1 aromatic carbocycles. The van der Waals surface area contributed by atoms with E-state index in [-0.39, 0.29) is 24.0 Å². The molecular formula is C29H45NO10. The molecule has 2 atom stereocenters. The van der Waals surface area contributed by atoms with Crippen LogP contribution in [0.15, 0.2) is 18.2 Å². The molecular weight excluding hydrogens is 522 g/mol. The predicted octanol–water partition coefficient (Wildman–Crippen LogP) is 6.01. The van der Waals surface area contributed by atoms with Gasteiger partial charge in [0.05, 0.1) is 5.41 Å². The highest BCUT2D eigenvalue weighted by atomic mass is 16.8. The van der Waals surface area contributed by atoms with Crippen LogP contribution in [0, 0.1) is 5.41 Å². The number of ether oxygens (including phenoxy) is 5. The van der Waals surface area contributed by atoms with Crippen molar-refractivity contribution in [3.63, 3.8) is 0 Å². The van der Waals surface area contributed by atoms with E-state index in [0.29, 0.717) is 18.4 Å². The highest BCUT2D eigenvalue weighted by Gasteiger charge is 2.46. The van der Waals surface area contributed by atoms with Crippen LogP contribution in [0.4, 0.5) is 9.59 Å². The monoisotopic (exact) mass is 567 g/mol. The van der Waals surface area contributed by atoms with Gasteiger partial charge >= 0.3 is 24.2 Å². The average Bonchev–Trinajstić information content (AvgIpc) is 2.77. The Labute approximate surface area is 236 Å². The minimum atomic E-state index is -2.14. The van der Waals surface area contributed by atoms with Crippen LogP contribution in [0.3, 0.4) is 0 Å². The van der Waals surface area contributed by atoms with Crippen LogP contribution in [0.5, 0.6) is 11.5 Å². The van der Waals surface area contributed by atoms with Crippen molar-refractivity contribution in [2.75, 3.05) is 0 Å². The van der Waals surface area contributed by atoms with E-state index in [1.165, 1.54) is 18.2 Å². The molecule has 0 aliphatic carbocycles. The Kier molecular flexibility index (Phi) is 11.6. The highest BCUT2D eigenvalue weighted by molar-refractivity contribution is 5.84. The number of hydrogen-bond donors (Lipinski definition) is 2. The average molecular weight is 568 g/mol. The van der Waals surface area contributed by atoms with E-state index in [0.717, 1.165) is 0 Å². The summed E-state index contributed by atoms with van der Waals surface area (Å²) in [5.41, 5.74) is -4.50. The first-order valence-electron chi connectivity index (χ1n) is 13.3. The zero-order valence-electron chi connectivity index (χ0n) is 25.6. The standard InChI is InChI=1S/C29H45NO10/c1-12-18(3)30-29(22(31)32,38-23(33)28(10,11)13-2)17-19-14-15-20(36-24(34)39-26(4,5)6)21(16-19)37-25(35)40-27(7,8)9/h14-16,18,30H,12-13,17H2,1-11H3,(H,31,32)/t18?,29-/m0/s1. The number of hydrogen-bond acceptors (Lipinski definition) is 10. The number of carboxylic acids is 1. The molecule has 0 aliphatic rings. The number of carbonyl (C=O) groups excluding carboxylic acids is 3. The zero-order valence-corrected chi connectivity index (χ0v) is 25.6. The van der Waals surface area contributed by atoms with E-state index >= 15 is 0 Å². The first kappa shape index (κ1) is 34.7. The molecule has 1 unspecified atom stereocenters. The van der Waals surface area contributed by atoms with Gasteiger partial charge in [-0.1, -0.05) is 19.9 Å². The molecule has 0 bridgehead atoms. The van der Waals surface area contributed by atoms with Crippen molar-refractivity contribution in [3.05, 3.63) is 23.8 Å². The lowest BCUT2D eigenvalue weighted by atomic mass is 9.90. The van der Waals surface area contributed by atoms with Crippen molar-refractivity contribution in [3.8, 4) is 11.5 Å². The first-order chi connectivity index (χ1) is 18.1. The van der Waals surface area contributed by atoms with Crippen molar-refractivity contribution in [2.45, 2.75) is 118 Å². The van der Waals surface area contributed by atoms with Gasteiger partial charge in [0, 0.05) is 12.5 Å². The fourth-order valence-electron chi connectivity index (χ4n) is 3.07. The summed E-state index contributed by atoms with van der Waals surface area (Å²) < 4.78 is 26.7. The van der Waals surface area contributed by atoms with E-state index in [9.17, 15) is 24.3 Å². The Hall–Kier alpha value is -3.34. The van der Waals surface area contributed by atoms with Gasteiger partial charge in [-0.25, -0.2) is 14.4 Å². The number of carboxylic acid groups (broad SMARTS) is 1. The molecule has 1 rings (SSSR count). The van der Waals surface area contributed by atoms with Crippen LogP contribution >= 0.6 is 0 Å². The molecule has 0 radical (unpaired) electrons. The van der Waals surface area contributed by atoms with Gasteiger partial charge < -0.3 is 28.8 Å². The van der Waals surface area contributed by atoms with E-state index < -0.39 is 46.6 Å². The van der Waals surface area contributed by atoms with Gasteiger partial charge in [-0.3, -0.25) is 10.1 Å². The number of aliphatic carboxylic acids is 1. The second kappa shape index (κ2) is 13.3. The Morgan fingerprint density at radius 3 is 1.75 bits per heavy atom. The quantitative estimate of drug-likeness (QED) is 0.140. The van der Waals surface area contributed by atoms with Crippen molar-refractivity contribution in [1.29, 1.82) is 0 Å². The molecule has 2 N–H and O–H groups in total. The first-order valence-corrected chi connectivity index (χ1v) is 13.3. The summed E-state index contributed by atoms with van der Waals surface area (Å²) in [5, 5.41) is 13.2. The highest BCUT2D eigenvalue weighted by Crippen LogP contribution is 2.33. The Morgan fingerprint density at radius 1 is 0.825 bits per heavy atom. The van der Waals surface area contributed by atoms with Gasteiger partial charge in [-0.2, -0.15) is 0 Å². The number of benzene rings is 1. The second-order valence-electron chi connectivity index (χ2n) is 12.3. The van der Waals surface area contributed by atoms with Crippen LogP contribution in [0.1, 0.15) is 94.6 Å². The summed E-state index contributed by atoms with van der Waals surface area (Å²) in [5.74, 6) is -2.48. The number of rotatable bonds is 11. The van der Waals surface area contributed by atoms with E-state index in [1.807, 2.05) is 6.92 Å². The van der Waals surface area contributed by atoms with Crippen molar-refractivity contribution < 1.29 is 48.0 Å². The summed E-state index contributed by atoms with van der Waals surface area (Å²) in [6, 6.07) is 3.78. The third kappa shape index (κ3) is 11.0. The Bertz CT molecular complexity index is 1070. The van der Waals surface area contributed by atoms with Gasteiger partial charge in [-0.05, 0) is 92.9 Å². The maximum absolute atomic E-state index is 13.0. The third-order valence-corrected chi connectivity index (χ3v) is 5.77. The lowest BCUT2D eigenvalue weighted by Crippen LogP contribution is -2.60. The topological polar surface area (TPSA) is 147 Å². The van der Waals surface area contributed by atoms with Crippen LogP contribution < -0.4 is 14.8 Å². The maximum Gasteiger partial charge on any atom is 0.514 e. The van der Waals surface area contributed by atoms with Gasteiger partial charge in [0.1, 0.15) is 11.2 Å². The minimum absolute atomic E-state index is 0.163. The van der Waals surface area contributed by atoms with Crippen molar-refractivity contribution >= 4 is 24.2 Å². The van der Waals surface area contributed by atoms with E-state index in [4.69, 9.17) is 23.7 Å². The summed E-state index contributed by atoms with van der Waals surface area (Å²) in [4.78, 5) is 50.5.